The lowest BCUT2D eigenvalue weighted by atomic mass is 9.98. The van der Waals surface area contributed by atoms with Gasteiger partial charge in [-0.05, 0) is 48.4 Å². The molecule has 6 nitrogen and oxygen atoms in total. The molecule has 5 rings (SSSR count). The van der Waals surface area contributed by atoms with Crippen molar-refractivity contribution in [3.8, 4) is 11.5 Å². The number of para-hydroxylation sites is 1. The number of hydrogen-bond acceptors (Lipinski definition) is 5. The SMILES string of the molecule is CCCCOc1cccc(C2c3c(oc4ccccc4c3=O)C(=O)N2c2cccc(OC)c2)c1. The van der Waals surface area contributed by atoms with Crippen molar-refractivity contribution in [3.05, 3.63) is 99.9 Å². The van der Waals surface area contributed by atoms with Crippen LogP contribution in [0.1, 0.15) is 47.5 Å². The summed E-state index contributed by atoms with van der Waals surface area (Å²) < 4.78 is 17.3. The van der Waals surface area contributed by atoms with Crippen LogP contribution < -0.4 is 19.8 Å². The lowest BCUT2D eigenvalue weighted by Crippen LogP contribution is -2.29. The molecule has 0 bridgehead atoms. The van der Waals surface area contributed by atoms with Crippen LogP contribution in [0.4, 0.5) is 5.69 Å². The summed E-state index contributed by atoms with van der Waals surface area (Å²) in [7, 11) is 1.58. The van der Waals surface area contributed by atoms with Crippen LogP contribution in [0.5, 0.6) is 11.5 Å². The van der Waals surface area contributed by atoms with Crippen LogP contribution in [-0.4, -0.2) is 19.6 Å². The Labute approximate surface area is 197 Å². The highest BCUT2D eigenvalue weighted by atomic mass is 16.5. The molecule has 0 N–H and O–H groups in total. The second-order valence-corrected chi connectivity index (χ2v) is 8.22. The number of nitrogens with zero attached hydrogens (tertiary/aromatic N) is 1. The van der Waals surface area contributed by atoms with Crippen molar-refractivity contribution in [1.82, 2.24) is 0 Å². The molecular formula is C28H25NO5. The molecule has 6 heteroatoms. The number of methoxy groups -OCH3 is 1. The first-order valence-electron chi connectivity index (χ1n) is 11.4. The van der Waals surface area contributed by atoms with E-state index in [1.807, 2.05) is 42.5 Å². The molecule has 2 heterocycles. The van der Waals surface area contributed by atoms with E-state index in [0.717, 1.165) is 18.4 Å². The van der Waals surface area contributed by atoms with Gasteiger partial charge in [-0.15, -0.1) is 0 Å². The molecule has 34 heavy (non-hydrogen) atoms. The van der Waals surface area contributed by atoms with Gasteiger partial charge in [0, 0.05) is 11.8 Å². The molecule has 0 saturated heterocycles. The van der Waals surface area contributed by atoms with E-state index in [1.54, 1.807) is 42.3 Å². The number of carbonyl (C=O) groups excluding carboxylic acids is 1. The van der Waals surface area contributed by atoms with E-state index < -0.39 is 6.04 Å². The van der Waals surface area contributed by atoms with Crippen molar-refractivity contribution < 1.29 is 18.7 Å². The quantitative estimate of drug-likeness (QED) is 0.333. The largest absolute Gasteiger partial charge is 0.497 e. The zero-order chi connectivity index (χ0) is 23.7. The first-order valence-corrected chi connectivity index (χ1v) is 11.4. The maximum absolute atomic E-state index is 13.7. The smallest absolute Gasteiger partial charge is 0.295 e. The zero-order valence-electron chi connectivity index (χ0n) is 19.1. The van der Waals surface area contributed by atoms with Gasteiger partial charge >= 0.3 is 0 Å². The molecule has 1 amide bonds. The monoisotopic (exact) mass is 455 g/mol. The summed E-state index contributed by atoms with van der Waals surface area (Å²) in [6, 6.07) is 21.1. The van der Waals surface area contributed by atoms with Crippen LogP contribution in [-0.2, 0) is 0 Å². The molecule has 0 spiro atoms. The number of anilines is 1. The van der Waals surface area contributed by atoms with Gasteiger partial charge in [-0.3, -0.25) is 14.5 Å². The Morgan fingerprint density at radius 1 is 0.941 bits per heavy atom. The van der Waals surface area contributed by atoms with Gasteiger partial charge in [-0.2, -0.15) is 0 Å². The lowest BCUT2D eigenvalue weighted by Gasteiger charge is -2.26. The summed E-state index contributed by atoms with van der Waals surface area (Å²) >= 11 is 0. The Hall–Kier alpha value is -4.06. The molecule has 1 atom stereocenters. The molecule has 0 aliphatic carbocycles. The van der Waals surface area contributed by atoms with Crippen molar-refractivity contribution >= 4 is 22.6 Å². The van der Waals surface area contributed by atoms with Crippen molar-refractivity contribution in [2.45, 2.75) is 25.8 Å². The molecular weight excluding hydrogens is 430 g/mol. The fourth-order valence-electron chi connectivity index (χ4n) is 4.37. The van der Waals surface area contributed by atoms with Crippen LogP contribution in [0.3, 0.4) is 0 Å². The van der Waals surface area contributed by atoms with E-state index in [2.05, 4.69) is 6.92 Å². The second kappa shape index (κ2) is 9.06. The maximum Gasteiger partial charge on any atom is 0.295 e. The average Bonchev–Trinajstić information content (AvgIpc) is 3.17. The van der Waals surface area contributed by atoms with E-state index >= 15 is 0 Å². The fraction of sp³-hybridized carbons (Fsp3) is 0.214. The number of carbonyl (C=O) groups is 1. The van der Waals surface area contributed by atoms with E-state index in [4.69, 9.17) is 13.9 Å². The molecule has 3 aromatic carbocycles. The third kappa shape index (κ3) is 3.71. The van der Waals surface area contributed by atoms with Crippen LogP contribution in [0.2, 0.25) is 0 Å². The zero-order valence-corrected chi connectivity index (χ0v) is 19.1. The van der Waals surface area contributed by atoms with Gasteiger partial charge in [0.25, 0.3) is 5.91 Å². The van der Waals surface area contributed by atoms with Crippen molar-refractivity contribution in [1.29, 1.82) is 0 Å². The third-order valence-corrected chi connectivity index (χ3v) is 6.05. The Balaban J connectivity index is 1.71. The minimum Gasteiger partial charge on any atom is -0.497 e. The summed E-state index contributed by atoms with van der Waals surface area (Å²) in [5, 5.41) is 0.446. The molecule has 1 aliphatic rings. The van der Waals surface area contributed by atoms with Crippen molar-refractivity contribution in [2.24, 2.45) is 0 Å². The maximum atomic E-state index is 13.7. The van der Waals surface area contributed by atoms with Gasteiger partial charge in [0.2, 0.25) is 5.76 Å². The number of benzene rings is 3. The summed E-state index contributed by atoms with van der Waals surface area (Å²) in [5.41, 5.74) is 1.89. The van der Waals surface area contributed by atoms with E-state index in [0.29, 0.717) is 40.3 Å². The molecule has 1 aliphatic heterocycles. The lowest BCUT2D eigenvalue weighted by molar-refractivity contribution is 0.0971. The molecule has 172 valence electrons. The Bertz CT molecular complexity index is 1420. The topological polar surface area (TPSA) is 69.0 Å². The van der Waals surface area contributed by atoms with Gasteiger partial charge < -0.3 is 13.9 Å². The summed E-state index contributed by atoms with van der Waals surface area (Å²) in [6.07, 6.45) is 1.97. The highest BCUT2D eigenvalue weighted by Crippen LogP contribution is 2.42. The van der Waals surface area contributed by atoms with Gasteiger partial charge in [0.1, 0.15) is 17.1 Å². The third-order valence-electron chi connectivity index (χ3n) is 6.05. The first-order chi connectivity index (χ1) is 16.6. The van der Waals surface area contributed by atoms with Crippen molar-refractivity contribution in [3.63, 3.8) is 0 Å². The van der Waals surface area contributed by atoms with E-state index in [1.165, 1.54) is 0 Å². The molecule has 0 saturated carbocycles. The minimum absolute atomic E-state index is 0.0637. The van der Waals surface area contributed by atoms with Crippen LogP contribution >= 0.6 is 0 Å². The molecule has 1 aromatic heterocycles. The molecule has 4 aromatic rings. The van der Waals surface area contributed by atoms with Gasteiger partial charge in [-0.25, -0.2) is 0 Å². The number of hydrogen-bond donors (Lipinski definition) is 0. The molecule has 1 unspecified atom stereocenters. The average molecular weight is 456 g/mol. The van der Waals surface area contributed by atoms with Crippen molar-refractivity contribution in [2.75, 3.05) is 18.6 Å². The number of amides is 1. The number of ether oxygens (including phenoxy) is 2. The minimum atomic E-state index is -0.662. The predicted octanol–water partition coefficient (Wildman–Crippen LogP) is 5.73. The summed E-state index contributed by atoms with van der Waals surface area (Å²) in [5.74, 6) is 1.01. The number of unbranched alkanes of at least 4 members (excludes halogenated alkanes) is 1. The molecule has 0 radical (unpaired) electrons. The van der Waals surface area contributed by atoms with Gasteiger partial charge in [0.05, 0.1) is 30.7 Å². The number of fused-ring (bicyclic) bond motifs is 2. The Morgan fingerprint density at radius 3 is 2.56 bits per heavy atom. The Kier molecular flexibility index (Phi) is 5.80. The summed E-state index contributed by atoms with van der Waals surface area (Å²) in [4.78, 5) is 28.9. The second-order valence-electron chi connectivity index (χ2n) is 8.22. The highest BCUT2D eigenvalue weighted by molar-refractivity contribution is 6.10. The highest BCUT2D eigenvalue weighted by Gasteiger charge is 2.43. The standard InChI is InChI=1S/C28H25NO5/c1-3-4-15-33-21-12-7-9-18(16-21)25-24-26(30)22-13-5-6-14-23(22)34-27(24)28(31)29(25)19-10-8-11-20(17-19)32-2/h5-14,16-17,25H,3-4,15H2,1-2H3. The number of rotatable bonds is 7. The first kappa shape index (κ1) is 21.8. The fourth-order valence-corrected chi connectivity index (χ4v) is 4.37. The van der Waals surface area contributed by atoms with Crippen LogP contribution in [0.15, 0.2) is 82.0 Å². The van der Waals surface area contributed by atoms with Gasteiger partial charge in [-0.1, -0.05) is 43.7 Å². The molecule has 0 fully saturated rings. The normalized spacial score (nSPS) is 14.9. The van der Waals surface area contributed by atoms with Crippen LogP contribution in [0, 0.1) is 0 Å². The van der Waals surface area contributed by atoms with E-state index in [9.17, 15) is 9.59 Å². The van der Waals surface area contributed by atoms with Crippen LogP contribution in [0.25, 0.3) is 11.0 Å². The van der Waals surface area contributed by atoms with Gasteiger partial charge in [0.15, 0.2) is 5.43 Å². The predicted molar refractivity (Wildman–Crippen MR) is 131 cm³/mol. The summed E-state index contributed by atoms with van der Waals surface area (Å²) in [6.45, 7) is 2.71. The van der Waals surface area contributed by atoms with E-state index in [-0.39, 0.29) is 17.1 Å². The Morgan fingerprint density at radius 2 is 1.74 bits per heavy atom.